The highest BCUT2D eigenvalue weighted by Gasteiger charge is 2.19. The molecule has 86 valence electrons. The van der Waals surface area contributed by atoms with E-state index < -0.39 is 17.4 Å². The molecule has 1 amide bonds. The van der Waals surface area contributed by atoms with E-state index >= 15 is 0 Å². The Labute approximate surface area is 98.5 Å². The number of hydrogen-bond acceptors (Lipinski definition) is 3. The van der Waals surface area contributed by atoms with Crippen molar-refractivity contribution in [2.45, 2.75) is 12.4 Å². The molecule has 1 aromatic carbocycles. The van der Waals surface area contributed by atoms with Gasteiger partial charge in [0.2, 0.25) is 5.50 Å². The van der Waals surface area contributed by atoms with Gasteiger partial charge in [-0.3, -0.25) is 4.79 Å². The van der Waals surface area contributed by atoms with Crippen LogP contribution < -0.4 is 5.32 Å². The molecule has 1 aromatic rings. The first-order valence-corrected chi connectivity index (χ1v) is 5.25. The van der Waals surface area contributed by atoms with Crippen LogP contribution in [0.4, 0.5) is 0 Å². The van der Waals surface area contributed by atoms with Gasteiger partial charge in [-0.15, -0.1) is 0 Å². The minimum atomic E-state index is -1.16. The zero-order valence-corrected chi connectivity index (χ0v) is 9.53. The van der Waals surface area contributed by atoms with Crippen molar-refractivity contribution in [3.05, 3.63) is 35.9 Å². The third-order valence-electron chi connectivity index (χ3n) is 1.79. The monoisotopic (exact) mass is 241 g/mol. The number of carbonyl (C=O) groups is 2. The molecule has 0 heterocycles. The van der Waals surface area contributed by atoms with Crippen molar-refractivity contribution in [1.29, 1.82) is 0 Å². The molecule has 0 bridgehead atoms. The van der Waals surface area contributed by atoms with Crippen molar-refractivity contribution in [3.63, 3.8) is 0 Å². The largest absolute Gasteiger partial charge is 0.464 e. The highest BCUT2D eigenvalue weighted by atomic mass is 35.5. The predicted molar refractivity (Wildman–Crippen MR) is 60.2 cm³/mol. The van der Waals surface area contributed by atoms with Gasteiger partial charge in [-0.2, -0.15) is 0 Å². The Kier molecular flexibility index (Phi) is 4.79. The van der Waals surface area contributed by atoms with Gasteiger partial charge in [0, 0.05) is 5.56 Å². The van der Waals surface area contributed by atoms with Crippen LogP contribution in [-0.4, -0.2) is 24.0 Å². The van der Waals surface area contributed by atoms with Gasteiger partial charge in [0.05, 0.1) is 6.61 Å². The van der Waals surface area contributed by atoms with Gasteiger partial charge in [0.1, 0.15) is 0 Å². The Bertz CT molecular complexity index is 367. The standard InChI is InChI=1S/C11H12ClNO3/c1-2-16-11(15)9(12)13-10(14)8-6-4-3-5-7-8/h3-7,9H,2H2,1H3,(H,13,14). The van der Waals surface area contributed by atoms with E-state index in [-0.39, 0.29) is 6.61 Å². The van der Waals surface area contributed by atoms with E-state index in [9.17, 15) is 9.59 Å². The van der Waals surface area contributed by atoms with Crippen LogP contribution in [0.5, 0.6) is 0 Å². The Morgan fingerprint density at radius 3 is 2.56 bits per heavy atom. The molecule has 0 aliphatic carbocycles. The molecular weight excluding hydrogens is 230 g/mol. The Balaban J connectivity index is 2.55. The van der Waals surface area contributed by atoms with Gasteiger partial charge >= 0.3 is 5.97 Å². The van der Waals surface area contributed by atoms with Gasteiger partial charge in [-0.05, 0) is 19.1 Å². The summed E-state index contributed by atoms with van der Waals surface area (Å²) in [5.74, 6) is -1.07. The topological polar surface area (TPSA) is 55.4 Å². The van der Waals surface area contributed by atoms with Crippen LogP contribution in [0.25, 0.3) is 0 Å². The number of rotatable bonds is 4. The summed E-state index contributed by atoms with van der Waals surface area (Å²) in [7, 11) is 0. The van der Waals surface area contributed by atoms with Crippen molar-refractivity contribution < 1.29 is 14.3 Å². The molecule has 0 spiro atoms. The zero-order valence-electron chi connectivity index (χ0n) is 8.77. The lowest BCUT2D eigenvalue weighted by molar-refractivity contribution is -0.143. The van der Waals surface area contributed by atoms with E-state index in [1.54, 1.807) is 37.3 Å². The summed E-state index contributed by atoms with van der Waals surface area (Å²) in [6.45, 7) is 1.89. The number of hydrogen-bond donors (Lipinski definition) is 1. The van der Waals surface area contributed by atoms with Crippen LogP contribution in [0.3, 0.4) is 0 Å². The second-order valence-corrected chi connectivity index (χ2v) is 3.39. The fourth-order valence-electron chi connectivity index (χ4n) is 1.06. The normalized spacial score (nSPS) is 11.6. The molecule has 0 aliphatic heterocycles. The molecule has 1 N–H and O–H groups in total. The summed E-state index contributed by atoms with van der Waals surface area (Å²) in [6.07, 6.45) is 0. The van der Waals surface area contributed by atoms with Gasteiger partial charge in [-0.25, -0.2) is 4.79 Å². The zero-order chi connectivity index (χ0) is 12.0. The van der Waals surface area contributed by atoms with E-state index in [4.69, 9.17) is 11.6 Å². The van der Waals surface area contributed by atoms with Crippen LogP contribution in [0.2, 0.25) is 0 Å². The van der Waals surface area contributed by atoms with Crippen molar-refractivity contribution >= 4 is 23.5 Å². The number of carbonyl (C=O) groups excluding carboxylic acids is 2. The van der Waals surface area contributed by atoms with Gasteiger partial charge in [0.15, 0.2) is 0 Å². The lowest BCUT2D eigenvalue weighted by Gasteiger charge is -2.10. The van der Waals surface area contributed by atoms with Gasteiger partial charge in [0.25, 0.3) is 5.91 Å². The Hall–Kier alpha value is -1.55. The molecule has 0 radical (unpaired) electrons. The average molecular weight is 242 g/mol. The maximum absolute atomic E-state index is 11.6. The Morgan fingerprint density at radius 2 is 2.00 bits per heavy atom. The summed E-state index contributed by atoms with van der Waals surface area (Å²) >= 11 is 5.65. The number of alkyl halides is 1. The average Bonchev–Trinajstić information content (AvgIpc) is 2.30. The molecule has 1 unspecified atom stereocenters. The molecule has 1 atom stereocenters. The molecular formula is C11H12ClNO3. The van der Waals surface area contributed by atoms with E-state index in [0.29, 0.717) is 5.56 Å². The van der Waals surface area contributed by atoms with Crippen LogP contribution in [0.15, 0.2) is 30.3 Å². The van der Waals surface area contributed by atoms with Crippen LogP contribution in [0.1, 0.15) is 17.3 Å². The SMILES string of the molecule is CCOC(=O)C(Cl)NC(=O)c1ccccc1. The fourth-order valence-corrected chi connectivity index (χ4v) is 1.22. The summed E-state index contributed by atoms with van der Waals surface area (Å²) in [5.41, 5.74) is -0.717. The molecule has 0 saturated carbocycles. The lowest BCUT2D eigenvalue weighted by atomic mass is 10.2. The van der Waals surface area contributed by atoms with E-state index in [0.717, 1.165) is 0 Å². The second kappa shape index (κ2) is 6.12. The van der Waals surface area contributed by atoms with E-state index in [1.807, 2.05) is 0 Å². The second-order valence-electron chi connectivity index (χ2n) is 2.95. The molecule has 4 nitrogen and oxygen atoms in total. The molecule has 0 aliphatic rings. The number of halogens is 1. The van der Waals surface area contributed by atoms with Crippen molar-refractivity contribution in [2.24, 2.45) is 0 Å². The van der Waals surface area contributed by atoms with Crippen LogP contribution in [0, 0.1) is 0 Å². The molecule has 0 fully saturated rings. The maximum Gasteiger partial charge on any atom is 0.344 e. The highest BCUT2D eigenvalue weighted by Crippen LogP contribution is 2.01. The predicted octanol–water partition coefficient (Wildman–Crippen LogP) is 1.54. The highest BCUT2D eigenvalue weighted by molar-refractivity contribution is 6.30. The third kappa shape index (κ3) is 3.55. The quantitative estimate of drug-likeness (QED) is 0.494. The fraction of sp³-hybridized carbons (Fsp3) is 0.273. The van der Waals surface area contributed by atoms with Gasteiger partial charge < -0.3 is 10.1 Å². The smallest absolute Gasteiger partial charge is 0.344 e. The first kappa shape index (κ1) is 12.5. The maximum atomic E-state index is 11.6. The lowest BCUT2D eigenvalue weighted by Crippen LogP contribution is -2.37. The summed E-state index contributed by atoms with van der Waals surface area (Å²) < 4.78 is 4.65. The first-order valence-electron chi connectivity index (χ1n) is 4.81. The van der Waals surface area contributed by atoms with Crippen molar-refractivity contribution in [2.75, 3.05) is 6.61 Å². The number of nitrogens with one attached hydrogen (secondary N) is 1. The minimum Gasteiger partial charge on any atom is -0.464 e. The van der Waals surface area contributed by atoms with Gasteiger partial charge in [-0.1, -0.05) is 29.8 Å². The third-order valence-corrected chi connectivity index (χ3v) is 2.07. The summed E-state index contributed by atoms with van der Waals surface area (Å²) in [6, 6.07) is 8.50. The van der Waals surface area contributed by atoms with Crippen molar-refractivity contribution in [1.82, 2.24) is 5.32 Å². The molecule has 5 heteroatoms. The molecule has 0 saturated heterocycles. The van der Waals surface area contributed by atoms with Crippen LogP contribution >= 0.6 is 11.6 Å². The first-order chi connectivity index (χ1) is 7.65. The summed E-state index contributed by atoms with van der Waals surface area (Å²) in [4.78, 5) is 22.7. The molecule has 1 rings (SSSR count). The Morgan fingerprint density at radius 1 is 1.38 bits per heavy atom. The minimum absolute atomic E-state index is 0.225. The molecule has 0 aromatic heterocycles. The molecule has 16 heavy (non-hydrogen) atoms. The van der Waals surface area contributed by atoms with E-state index in [1.165, 1.54) is 0 Å². The van der Waals surface area contributed by atoms with E-state index in [2.05, 4.69) is 10.1 Å². The summed E-state index contributed by atoms with van der Waals surface area (Å²) in [5, 5.41) is 2.33. The number of amides is 1. The number of esters is 1. The number of benzene rings is 1. The van der Waals surface area contributed by atoms with Crippen molar-refractivity contribution in [3.8, 4) is 0 Å². The number of ether oxygens (including phenoxy) is 1. The van der Waals surface area contributed by atoms with Crippen LogP contribution in [-0.2, 0) is 9.53 Å².